The van der Waals surface area contributed by atoms with Gasteiger partial charge in [-0.15, -0.1) is 0 Å². The lowest BCUT2D eigenvalue weighted by Gasteiger charge is -2.13. The van der Waals surface area contributed by atoms with E-state index < -0.39 is 0 Å². The number of hydrogen-bond acceptors (Lipinski definition) is 2. The van der Waals surface area contributed by atoms with Crippen molar-refractivity contribution >= 4 is 0 Å². The first-order valence-electron chi connectivity index (χ1n) is 3.82. The summed E-state index contributed by atoms with van der Waals surface area (Å²) in [5.41, 5.74) is 0. The molecule has 1 aliphatic carbocycles. The lowest BCUT2D eigenvalue weighted by Crippen LogP contribution is -2.25. The van der Waals surface area contributed by atoms with Gasteiger partial charge in [0.2, 0.25) is 0 Å². The van der Waals surface area contributed by atoms with Gasteiger partial charge in [-0.1, -0.05) is 12.8 Å². The van der Waals surface area contributed by atoms with Crippen LogP contribution in [-0.4, -0.2) is 13.2 Å². The van der Waals surface area contributed by atoms with E-state index in [2.05, 4.69) is 11.9 Å². The molecule has 0 heterocycles. The quantitative estimate of drug-likeness (QED) is 0.603. The summed E-state index contributed by atoms with van der Waals surface area (Å²) in [4.78, 5) is 0. The third-order valence-electron chi connectivity index (χ3n) is 1.97. The van der Waals surface area contributed by atoms with E-state index in [1.165, 1.54) is 25.7 Å². The predicted octanol–water partition coefficient (Wildman–Crippen LogP) is 1.64. The highest BCUT2D eigenvalue weighted by Gasteiger charge is 2.14. The Kier molecular flexibility index (Phi) is 2.60. The van der Waals surface area contributed by atoms with Crippen molar-refractivity contribution in [1.82, 2.24) is 5.32 Å². The maximum Gasteiger partial charge on any atom is 0.179 e. The van der Waals surface area contributed by atoms with Gasteiger partial charge in [-0.3, -0.25) is 0 Å². The second-order valence-electron chi connectivity index (χ2n) is 2.75. The van der Waals surface area contributed by atoms with Crippen LogP contribution in [0.2, 0.25) is 0 Å². The lowest BCUT2D eigenvalue weighted by molar-refractivity contribution is 0.251. The van der Waals surface area contributed by atoms with Crippen LogP contribution < -0.4 is 5.32 Å². The Labute approximate surface area is 62.3 Å². The summed E-state index contributed by atoms with van der Waals surface area (Å²) in [7, 11) is 1.64. The van der Waals surface area contributed by atoms with Gasteiger partial charge in [-0.25, -0.2) is 0 Å². The van der Waals surface area contributed by atoms with Gasteiger partial charge in [0.15, 0.2) is 5.88 Å². The monoisotopic (exact) mass is 141 g/mol. The zero-order chi connectivity index (χ0) is 7.40. The van der Waals surface area contributed by atoms with E-state index in [1.807, 2.05) is 0 Å². The number of rotatable bonds is 3. The summed E-state index contributed by atoms with van der Waals surface area (Å²) in [6, 6.07) is 0.618. The smallest absolute Gasteiger partial charge is 0.179 e. The molecule has 0 spiro atoms. The molecule has 0 unspecified atom stereocenters. The molecular formula is C8H15NO. The Morgan fingerprint density at radius 1 is 1.50 bits per heavy atom. The van der Waals surface area contributed by atoms with Gasteiger partial charge in [0.05, 0.1) is 7.11 Å². The molecule has 1 fully saturated rings. The maximum atomic E-state index is 4.91. The maximum absolute atomic E-state index is 4.91. The molecule has 10 heavy (non-hydrogen) atoms. The molecule has 2 nitrogen and oxygen atoms in total. The van der Waals surface area contributed by atoms with E-state index in [0.29, 0.717) is 11.9 Å². The van der Waals surface area contributed by atoms with E-state index in [0.717, 1.165) is 0 Å². The van der Waals surface area contributed by atoms with Crippen LogP contribution in [-0.2, 0) is 4.74 Å². The van der Waals surface area contributed by atoms with Crippen LogP contribution in [0.25, 0.3) is 0 Å². The van der Waals surface area contributed by atoms with Gasteiger partial charge in [0, 0.05) is 6.04 Å². The highest BCUT2D eigenvalue weighted by atomic mass is 16.5. The molecular weight excluding hydrogens is 126 g/mol. The fourth-order valence-electron chi connectivity index (χ4n) is 1.36. The number of methoxy groups -OCH3 is 1. The predicted molar refractivity (Wildman–Crippen MR) is 41.5 cm³/mol. The summed E-state index contributed by atoms with van der Waals surface area (Å²) in [6.07, 6.45) is 5.22. The van der Waals surface area contributed by atoms with Crippen LogP contribution in [0.4, 0.5) is 0 Å². The minimum atomic E-state index is 0.618. The minimum Gasteiger partial charge on any atom is -0.483 e. The molecule has 1 rings (SSSR count). The van der Waals surface area contributed by atoms with E-state index >= 15 is 0 Å². The molecule has 0 amide bonds. The first-order chi connectivity index (χ1) is 4.83. The molecule has 0 saturated heterocycles. The zero-order valence-electron chi connectivity index (χ0n) is 6.52. The van der Waals surface area contributed by atoms with Crippen molar-refractivity contribution in [1.29, 1.82) is 0 Å². The molecule has 1 saturated carbocycles. The summed E-state index contributed by atoms with van der Waals surface area (Å²) >= 11 is 0. The van der Waals surface area contributed by atoms with Gasteiger partial charge in [0.1, 0.15) is 0 Å². The third-order valence-corrected chi connectivity index (χ3v) is 1.97. The summed E-state index contributed by atoms with van der Waals surface area (Å²) < 4.78 is 4.91. The average molecular weight is 141 g/mol. The lowest BCUT2D eigenvalue weighted by atomic mass is 10.2. The second-order valence-corrected chi connectivity index (χ2v) is 2.75. The number of nitrogens with one attached hydrogen (secondary N) is 1. The molecule has 0 radical (unpaired) electrons. The first-order valence-corrected chi connectivity index (χ1v) is 3.82. The summed E-state index contributed by atoms with van der Waals surface area (Å²) in [5, 5.41) is 3.21. The molecule has 1 N–H and O–H groups in total. The highest BCUT2D eigenvalue weighted by molar-refractivity contribution is 4.85. The van der Waals surface area contributed by atoms with E-state index in [-0.39, 0.29) is 0 Å². The molecule has 0 aromatic heterocycles. The Morgan fingerprint density at radius 3 is 2.60 bits per heavy atom. The standard InChI is InChI=1S/C8H15NO/c1-7(10-2)9-8-5-3-4-6-8/h8-9H,1,3-6H2,2H3. The van der Waals surface area contributed by atoms with Gasteiger partial charge in [-0.05, 0) is 19.4 Å². The fourth-order valence-corrected chi connectivity index (χ4v) is 1.36. The van der Waals surface area contributed by atoms with Gasteiger partial charge in [-0.2, -0.15) is 0 Å². The molecule has 0 bridgehead atoms. The molecule has 1 aliphatic rings. The van der Waals surface area contributed by atoms with Gasteiger partial charge in [0.25, 0.3) is 0 Å². The van der Waals surface area contributed by atoms with Crippen molar-refractivity contribution in [2.45, 2.75) is 31.7 Å². The third kappa shape index (κ3) is 1.94. The Morgan fingerprint density at radius 2 is 2.10 bits per heavy atom. The molecule has 0 aromatic rings. The Hall–Kier alpha value is -0.660. The Bertz CT molecular complexity index is 116. The minimum absolute atomic E-state index is 0.618. The highest BCUT2D eigenvalue weighted by Crippen LogP contribution is 2.18. The SMILES string of the molecule is C=C(NC1CCCC1)OC. The van der Waals surface area contributed by atoms with Crippen LogP contribution in [0.1, 0.15) is 25.7 Å². The molecule has 0 atom stereocenters. The second kappa shape index (κ2) is 3.49. The van der Waals surface area contributed by atoms with E-state index in [4.69, 9.17) is 4.74 Å². The normalized spacial score (nSPS) is 18.9. The largest absolute Gasteiger partial charge is 0.483 e. The van der Waals surface area contributed by atoms with Crippen LogP contribution >= 0.6 is 0 Å². The van der Waals surface area contributed by atoms with Crippen LogP contribution in [0.15, 0.2) is 12.5 Å². The van der Waals surface area contributed by atoms with Crippen molar-refractivity contribution in [3.63, 3.8) is 0 Å². The molecule has 58 valence electrons. The summed E-state index contributed by atoms with van der Waals surface area (Å²) in [6.45, 7) is 3.70. The van der Waals surface area contributed by atoms with Crippen LogP contribution in [0.5, 0.6) is 0 Å². The van der Waals surface area contributed by atoms with Crippen molar-refractivity contribution in [2.24, 2.45) is 0 Å². The number of hydrogen-bond donors (Lipinski definition) is 1. The average Bonchev–Trinajstić information content (AvgIpc) is 2.40. The van der Waals surface area contributed by atoms with Gasteiger partial charge < -0.3 is 10.1 Å². The first kappa shape index (κ1) is 7.45. The van der Waals surface area contributed by atoms with Crippen molar-refractivity contribution in [3.8, 4) is 0 Å². The van der Waals surface area contributed by atoms with Crippen molar-refractivity contribution in [3.05, 3.63) is 12.5 Å². The topological polar surface area (TPSA) is 21.3 Å². The molecule has 0 aromatic carbocycles. The van der Waals surface area contributed by atoms with Crippen LogP contribution in [0, 0.1) is 0 Å². The number of ether oxygens (including phenoxy) is 1. The van der Waals surface area contributed by atoms with Crippen molar-refractivity contribution in [2.75, 3.05) is 7.11 Å². The summed E-state index contributed by atoms with van der Waals surface area (Å²) in [5.74, 6) is 0.701. The molecule has 0 aliphatic heterocycles. The van der Waals surface area contributed by atoms with Crippen molar-refractivity contribution < 1.29 is 4.74 Å². The van der Waals surface area contributed by atoms with E-state index in [1.54, 1.807) is 7.11 Å². The van der Waals surface area contributed by atoms with Gasteiger partial charge >= 0.3 is 0 Å². The fraction of sp³-hybridized carbons (Fsp3) is 0.750. The van der Waals surface area contributed by atoms with E-state index in [9.17, 15) is 0 Å². The van der Waals surface area contributed by atoms with Crippen LogP contribution in [0.3, 0.4) is 0 Å². The Balaban J connectivity index is 2.17. The molecule has 2 heteroatoms. The zero-order valence-corrected chi connectivity index (χ0v) is 6.52.